The third kappa shape index (κ3) is 10.8. The van der Waals surface area contributed by atoms with Crippen molar-refractivity contribution >= 4 is 19.8 Å². The molecule has 0 fully saturated rings. The van der Waals surface area contributed by atoms with Crippen molar-refractivity contribution in [3.63, 3.8) is 0 Å². The minimum atomic E-state index is -1.51. The zero-order valence-electron chi connectivity index (χ0n) is 10.8. The van der Waals surface area contributed by atoms with Gasteiger partial charge in [0, 0.05) is 12.8 Å². The Balaban J connectivity index is 3.98. The van der Waals surface area contributed by atoms with E-state index in [0.717, 1.165) is 0 Å². The molecule has 0 saturated carbocycles. The molecule has 0 aliphatic rings. The molecule has 0 saturated heterocycles. The van der Waals surface area contributed by atoms with Gasteiger partial charge < -0.3 is 4.74 Å². The standard InChI is InChI=1S/C13H18O3Si/c1-16-13(15)9-7-5-6-8-12(14)10-11-17(2,3)4/h5,7,9H2,1-4H3. The summed E-state index contributed by atoms with van der Waals surface area (Å²) in [6, 6.07) is 0. The molecule has 0 aromatic carbocycles. The number of ether oxygens (including phenoxy) is 1. The first kappa shape index (κ1) is 15.5. The summed E-state index contributed by atoms with van der Waals surface area (Å²) in [4.78, 5) is 22.0. The van der Waals surface area contributed by atoms with Crippen LogP contribution in [0.3, 0.4) is 0 Å². The molecular formula is C13H18O3Si. The Hall–Kier alpha value is -1.52. The number of hydrogen-bond acceptors (Lipinski definition) is 3. The van der Waals surface area contributed by atoms with Crippen molar-refractivity contribution in [2.24, 2.45) is 0 Å². The van der Waals surface area contributed by atoms with Crippen LogP contribution in [0, 0.1) is 23.3 Å². The van der Waals surface area contributed by atoms with E-state index in [4.69, 9.17) is 0 Å². The van der Waals surface area contributed by atoms with Gasteiger partial charge in [0.2, 0.25) is 0 Å². The van der Waals surface area contributed by atoms with Crippen LogP contribution >= 0.6 is 0 Å². The molecule has 3 nitrogen and oxygen atoms in total. The van der Waals surface area contributed by atoms with Crippen LogP contribution in [0.5, 0.6) is 0 Å². The molecule has 0 aliphatic carbocycles. The molecule has 0 aromatic heterocycles. The van der Waals surface area contributed by atoms with E-state index in [2.05, 4.69) is 47.7 Å². The first-order valence-electron chi connectivity index (χ1n) is 5.48. The van der Waals surface area contributed by atoms with Crippen LogP contribution in [-0.2, 0) is 14.3 Å². The minimum absolute atomic E-state index is 0.253. The van der Waals surface area contributed by atoms with Gasteiger partial charge in [-0.15, -0.1) is 5.54 Å². The predicted octanol–water partition coefficient (Wildman–Crippen LogP) is 1.78. The molecule has 0 unspecified atom stereocenters. The molecule has 0 heterocycles. The Labute approximate surface area is 104 Å². The van der Waals surface area contributed by atoms with Crippen molar-refractivity contribution in [2.75, 3.05) is 7.11 Å². The van der Waals surface area contributed by atoms with E-state index in [1.807, 2.05) is 0 Å². The Bertz CT molecular complexity index is 396. The van der Waals surface area contributed by atoms with Gasteiger partial charge in [0.1, 0.15) is 8.07 Å². The molecule has 0 aromatic rings. The highest BCUT2D eigenvalue weighted by Gasteiger charge is 2.07. The molecule has 0 atom stereocenters. The summed E-state index contributed by atoms with van der Waals surface area (Å²) >= 11 is 0. The molecule has 17 heavy (non-hydrogen) atoms. The number of esters is 1. The minimum Gasteiger partial charge on any atom is -0.469 e. The van der Waals surface area contributed by atoms with Gasteiger partial charge in [-0.2, -0.15) is 0 Å². The molecule has 0 spiro atoms. The number of rotatable bonds is 3. The molecule has 0 rings (SSSR count). The van der Waals surface area contributed by atoms with Crippen LogP contribution in [0.1, 0.15) is 19.3 Å². The van der Waals surface area contributed by atoms with Gasteiger partial charge in [-0.05, 0) is 18.3 Å². The predicted molar refractivity (Wildman–Crippen MR) is 69.8 cm³/mol. The third-order valence-corrected chi connectivity index (χ3v) is 2.54. The number of carbonyl (C=O) groups excluding carboxylic acids is 2. The van der Waals surface area contributed by atoms with E-state index >= 15 is 0 Å². The van der Waals surface area contributed by atoms with Gasteiger partial charge >= 0.3 is 5.97 Å². The summed E-state index contributed by atoms with van der Waals surface area (Å²) < 4.78 is 4.48. The molecule has 0 amide bonds. The summed E-state index contributed by atoms with van der Waals surface area (Å²) in [6.45, 7) is 6.20. The SMILES string of the molecule is COC(=O)CCCC#CC(=O)C#C[Si](C)(C)C. The number of methoxy groups -OCH3 is 1. The zero-order chi connectivity index (χ0) is 13.3. The van der Waals surface area contributed by atoms with Crippen molar-refractivity contribution in [3.05, 3.63) is 0 Å². The quantitative estimate of drug-likeness (QED) is 0.252. The summed E-state index contributed by atoms with van der Waals surface area (Å²) in [6.07, 6.45) is 1.45. The Morgan fingerprint density at radius 1 is 1.18 bits per heavy atom. The fourth-order valence-corrected chi connectivity index (χ4v) is 1.33. The molecule has 0 N–H and O–H groups in total. The lowest BCUT2D eigenvalue weighted by Crippen LogP contribution is -2.16. The normalized spacial score (nSPS) is 9.41. The molecule has 92 valence electrons. The van der Waals surface area contributed by atoms with E-state index in [1.165, 1.54) is 7.11 Å². The second-order valence-electron chi connectivity index (χ2n) is 4.56. The topological polar surface area (TPSA) is 43.4 Å². The molecular weight excluding hydrogens is 232 g/mol. The monoisotopic (exact) mass is 250 g/mol. The molecule has 0 aliphatic heterocycles. The smallest absolute Gasteiger partial charge is 0.305 e. The average molecular weight is 250 g/mol. The number of unbranched alkanes of at least 4 members (excludes halogenated alkanes) is 1. The highest BCUT2D eigenvalue weighted by atomic mass is 28.3. The van der Waals surface area contributed by atoms with Crippen molar-refractivity contribution in [2.45, 2.75) is 38.9 Å². The second-order valence-corrected chi connectivity index (χ2v) is 9.31. The van der Waals surface area contributed by atoms with Crippen LogP contribution in [0.15, 0.2) is 0 Å². The lowest BCUT2D eigenvalue weighted by atomic mass is 10.2. The number of carbonyl (C=O) groups is 2. The fraction of sp³-hybridized carbons (Fsp3) is 0.538. The summed E-state index contributed by atoms with van der Waals surface area (Å²) in [5.41, 5.74) is 2.95. The maximum atomic E-state index is 11.2. The fourth-order valence-electron chi connectivity index (χ4n) is 0.841. The molecule has 0 bridgehead atoms. The Kier molecular flexibility index (Phi) is 7.01. The lowest BCUT2D eigenvalue weighted by Gasteiger charge is -2.01. The van der Waals surface area contributed by atoms with Crippen LogP contribution in [-0.4, -0.2) is 26.9 Å². The number of hydrogen-bond donors (Lipinski definition) is 0. The van der Waals surface area contributed by atoms with Crippen molar-refractivity contribution in [3.8, 4) is 23.3 Å². The van der Waals surface area contributed by atoms with Gasteiger partial charge in [-0.25, -0.2) is 0 Å². The Morgan fingerprint density at radius 2 is 1.82 bits per heavy atom. The highest BCUT2D eigenvalue weighted by Crippen LogP contribution is 1.96. The van der Waals surface area contributed by atoms with Gasteiger partial charge in [-0.1, -0.05) is 25.6 Å². The lowest BCUT2D eigenvalue weighted by molar-refractivity contribution is -0.140. The van der Waals surface area contributed by atoms with Gasteiger partial charge in [0.05, 0.1) is 7.11 Å². The van der Waals surface area contributed by atoms with E-state index in [1.54, 1.807) is 0 Å². The maximum Gasteiger partial charge on any atom is 0.305 e. The van der Waals surface area contributed by atoms with E-state index in [0.29, 0.717) is 19.3 Å². The van der Waals surface area contributed by atoms with Crippen LogP contribution < -0.4 is 0 Å². The Morgan fingerprint density at radius 3 is 2.35 bits per heavy atom. The number of ketones is 1. The van der Waals surface area contributed by atoms with Crippen LogP contribution in [0.2, 0.25) is 19.6 Å². The summed E-state index contributed by atoms with van der Waals surface area (Å²) in [5.74, 6) is 7.11. The van der Waals surface area contributed by atoms with Crippen LogP contribution in [0.4, 0.5) is 0 Å². The van der Waals surface area contributed by atoms with E-state index < -0.39 is 8.07 Å². The largest absolute Gasteiger partial charge is 0.469 e. The van der Waals surface area contributed by atoms with Gasteiger partial charge in [0.25, 0.3) is 5.78 Å². The first-order chi connectivity index (χ1) is 7.85. The highest BCUT2D eigenvalue weighted by molar-refractivity contribution is 6.84. The van der Waals surface area contributed by atoms with Crippen molar-refractivity contribution in [1.29, 1.82) is 0 Å². The third-order valence-electron chi connectivity index (χ3n) is 1.66. The van der Waals surface area contributed by atoms with E-state index in [9.17, 15) is 9.59 Å². The first-order valence-corrected chi connectivity index (χ1v) is 8.98. The average Bonchev–Trinajstić information content (AvgIpc) is 2.24. The zero-order valence-corrected chi connectivity index (χ0v) is 11.8. The summed E-state index contributed by atoms with van der Waals surface area (Å²) in [5, 5.41) is 0. The number of Topliss-reactive ketones (excluding diaryl/α,β-unsaturated/α-hetero) is 1. The van der Waals surface area contributed by atoms with Crippen molar-refractivity contribution in [1.82, 2.24) is 0 Å². The van der Waals surface area contributed by atoms with Crippen molar-refractivity contribution < 1.29 is 14.3 Å². The second kappa shape index (κ2) is 7.70. The molecule has 4 heteroatoms. The van der Waals surface area contributed by atoms with Gasteiger partial charge in [-0.3, -0.25) is 9.59 Å². The van der Waals surface area contributed by atoms with E-state index in [-0.39, 0.29) is 11.8 Å². The van der Waals surface area contributed by atoms with Crippen LogP contribution in [0.25, 0.3) is 0 Å². The maximum absolute atomic E-state index is 11.2. The van der Waals surface area contributed by atoms with Gasteiger partial charge in [0.15, 0.2) is 0 Å². The molecule has 0 radical (unpaired) electrons. The summed E-state index contributed by atoms with van der Waals surface area (Å²) in [7, 11) is -0.154.